The third-order valence-electron chi connectivity index (χ3n) is 4.21. The van der Waals surface area contributed by atoms with Crippen LogP contribution in [0.25, 0.3) is 0 Å². The van der Waals surface area contributed by atoms with Gasteiger partial charge in [-0.2, -0.15) is 0 Å². The molecule has 3 nitrogen and oxygen atoms in total. The van der Waals surface area contributed by atoms with Gasteiger partial charge in [-0.3, -0.25) is 4.98 Å². The number of aromatic nitrogens is 1. The second-order valence-corrected chi connectivity index (χ2v) is 6.01. The van der Waals surface area contributed by atoms with E-state index in [1.807, 2.05) is 12.1 Å². The molecule has 2 fully saturated rings. The summed E-state index contributed by atoms with van der Waals surface area (Å²) in [6.45, 7) is 1.79. The van der Waals surface area contributed by atoms with Crippen LogP contribution in [0.5, 0.6) is 0 Å². The minimum Gasteiger partial charge on any atom is -0.389 e. The lowest BCUT2D eigenvalue weighted by Crippen LogP contribution is -2.47. The summed E-state index contributed by atoms with van der Waals surface area (Å²) >= 11 is 5.90. The van der Waals surface area contributed by atoms with Crippen molar-refractivity contribution in [1.29, 1.82) is 0 Å². The van der Waals surface area contributed by atoms with Crippen molar-refractivity contribution >= 4 is 11.6 Å². The largest absolute Gasteiger partial charge is 0.389 e. The molecule has 1 saturated heterocycles. The van der Waals surface area contributed by atoms with Crippen molar-refractivity contribution < 1.29 is 5.11 Å². The Hall–Kier alpha value is -0.640. The summed E-state index contributed by atoms with van der Waals surface area (Å²) in [6, 6.07) is 3.86. The highest BCUT2D eigenvalue weighted by molar-refractivity contribution is 6.30. The fraction of sp³-hybridized carbons (Fsp3) is 0.643. The number of nitrogens with one attached hydrogen (secondary N) is 1. The van der Waals surface area contributed by atoms with Gasteiger partial charge >= 0.3 is 0 Å². The molecule has 98 valence electrons. The van der Waals surface area contributed by atoms with Gasteiger partial charge in [-0.15, -0.1) is 0 Å². The first kappa shape index (κ1) is 12.4. The summed E-state index contributed by atoms with van der Waals surface area (Å²) in [5.41, 5.74) is 0.416. The quantitative estimate of drug-likeness (QED) is 0.883. The molecule has 2 aliphatic rings. The SMILES string of the molecule is OC1([C@H](c2ccc(Cl)cn2)C2CC2)CCNCC1. The van der Waals surface area contributed by atoms with Gasteiger partial charge < -0.3 is 10.4 Å². The fourth-order valence-corrected chi connectivity index (χ4v) is 3.24. The molecule has 1 aliphatic heterocycles. The van der Waals surface area contributed by atoms with E-state index in [2.05, 4.69) is 10.3 Å². The molecule has 1 aliphatic carbocycles. The topological polar surface area (TPSA) is 45.2 Å². The normalized spacial score (nSPS) is 24.8. The zero-order valence-electron chi connectivity index (χ0n) is 10.4. The molecular weight excluding hydrogens is 248 g/mol. The molecule has 3 rings (SSSR count). The average Bonchev–Trinajstić information content (AvgIpc) is 3.17. The van der Waals surface area contributed by atoms with Gasteiger partial charge in [0.2, 0.25) is 0 Å². The predicted molar refractivity (Wildman–Crippen MR) is 71.8 cm³/mol. The summed E-state index contributed by atoms with van der Waals surface area (Å²) in [6.07, 6.45) is 5.75. The Morgan fingerprint density at radius 2 is 2.06 bits per heavy atom. The first-order chi connectivity index (χ1) is 8.69. The number of pyridine rings is 1. The summed E-state index contributed by atoms with van der Waals surface area (Å²) in [5, 5.41) is 14.9. The van der Waals surface area contributed by atoms with Gasteiger partial charge in [0.25, 0.3) is 0 Å². The Balaban J connectivity index is 1.89. The smallest absolute Gasteiger partial charge is 0.0757 e. The van der Waals surface area contributed by atoms with Gasteiger partial charge in [0.1, 0.15) is 0 Å². The first-order valence-electron chi connectivity index (χ1n) is 6.74. The molecule has 2 heterocycles. The van der Waals surface area contributed by atoms with Crippen LogP contribution >= 0.6 is 11.6 Å². The molecule has 0 amide bonds. The number of halogens is 1. The van der Waals surface area contributed by atoms with Gasteiger partial charge in [-0.25, -0.2) is 0 Å². The molecule has 0 unspecified atom stereocenters. The Bertz CT molecular complexity index is 410. The maximum Gasteiger partial charge on any atom is 0.0757 e. The van der Waals surface area contributed by atoms with E-state index < -0.39 is 5.60 Å². The van der Waals surface area contributed by atoms with Gasteiger partial charge in [0, 0.05) is 17.8 Å². The third kappa shape index (κ3) is 2.40. The highest BCUT2D eigenvalue weighted by Gasteiger charge is 2.47. The monoisotopic (exact) mass is 266 g/mol. The zero-order chi connectivity index (χ0) is 12.6. The standard InChI is InChI=1S/C14H19ClN2O/c15-11-3-4-12(17-9-11)13(10-1-2-10)14(18)5-7-16-8-6-14/h3-4,9-10,13,16,18H,1-2,5-8H2/t13-/m0/s1. The molecule has 4 heteroatoms. The van der Waals surface area contributed by atoms with Crippen LogP contribution in [-0.2, 0) is 0 Å². The van der Waals surface area contributed by atoms with Crippen molar-refractivity contribution in [3.63, 3.8) is 0 Å². The van der Waals surface area contributed by atoms with Crippen LogP contribution in [0, 0.1) is 5.92 Å². The minimum atomic E-state index is -0.590. The Kier molecular flexibility index (Phi) is 3.31. The van der Waals surface area contributed by atoms with Crippen LogP contribution in [0.1, 0.15) is 37.3 Å². The average molecular weight is 267 g/mol. The number of piperidine rings is 1. The summed E-state index contributed by atoms with van der Waals surface area (Å²) in [5.74, 6) is 0.777. The van der Waals surface area contributed by atoms with Gasteiger partial charge in [-0.05, 0) is 56.8 Å². The van der Waals surface area contributed by atoms with Crippen LogP contribution in [0.4, 0.5) is 0 Å². The van der Waals surface area contributed by atoms with E-state index >= 15 is 0 Å². The Morgan fingerprint density at radius 3 is 2.61 bits per heavy atom. The number of aliphatic hydroxyl groups is 1. The first-order valence-corrected chi connectivity index (χ1v) is 7.11. The van der Waals surface area contributed by atoms with Gasteiger partial charge in [0.05, 0.1) is 10.6 Å². The number of nitrogens with zero attached hydrogens (tertiary/aromatic N) is 1. The fourth-order valence-electron chi connectivity index (χ4n) is 3.13. The summed E-state index contributed by atoms with van der Waals surface area (Å²) in [7, 11) is 0. The number of hydrogen-bond acceptors (Lipinski definition) is 3. The van der Waals surface area contributed by atoms with E-state index in [1.165, 1.54) is 12.8 Å². The summed E-state index contributed by atoms with van der Waals surface area (Å²) < 4.78 is 0. The summed E-state index contributed by atoms with van der Waals surface area (Å²) in [4.78, 5) is 4.45. The van der Waals surface area contributed by atoms with Crippen LogP contribution in [0.15, 0.2) is 18.3 Å². The molecule has 1 saturated carbocycles. The van der Waals surface area contributed by atoms with Crippen molar-refractivity contribution in [2.75, 3.05) is 13.1 Å². The van der Waals surface area contributed by atoms with E-state index in [9.17, 15) is 5.11 Å². The lowest BCUT2D eigenvalue weighted by molar-refractivity contribution is -0.0234. The Morgan fingerprint density at radius 1 is 1.33 bits per heavy atom. The molecule has 18 heavy (non-hydrogen) atoms. The molecule has 0 spiro atoms. The molecule has 1 aromatic heterocycles. The molecule has 0 aromatic carbocycles. The van der Waals surface area contributed by atoms with Crippen LogP contribution in [0.2, 0.25) is 5.02 Å². The van der Waals surface area contributed by atoms with Crippen LogP contribution in [-0.4, -0.2) is 28.8 Å². The van der Waals surface area contributed by atoms with E-state index in [0.29, 0.717) is 10.9 Å². The molecule has 0 bridgehead atoms. The predicted octanol–water partition coefficient (Wildman–Crippen LogP) is 2.34. The van der Waals surface area contributed by atoms with E-state index in [4.69, 9.17) is 11.6 Å². The van der Waals surface area contributed by atoms with Crippen molar-refractivity contribution in [2.24, 2.45) is 5.92 Å². The van der Waals surface area contributed by atoms with Gasteiger partial charge in [0.15, 0.2) is 0 Å². The second kappa shape index (κ2) is 4.80. The molecule has 1 aromatic rings. The Labute approximate surface area is 113 Å². The highest BCUT2D eigenvalue weighted by Crippen LogP contribution is 2.50. The van der Waals surface area contributed by atoms with Crippen LogP contribution in [0.3, 0.4) is 0 Å². The number of hydrogen-bond donors (Lipinski definition) is 2. The minimum absolute atomic E-state index is 0.178. The zero-order valence-corrected chi connectivity index (χ0v) is 11.2. The molecule has 2 N–H and O–H groups in total. The third-order valence-corrected chi connectivity index (χ3v) is 4.43. The molecule has 0 radical (unpaired) electrons. The van der Waals surface area contributed by atoms with Crippen molar-refractivity contribution in [1.82, 2.24) is 10.3 Å². The lowest BCUT2D eigenvalue weighted by Gasteiger charge is -2.39. The maximum absolute atomic E-state index is 11.0. The van der Waals surface area contributed by atoms with Crippen molar-refractivity contribution in [2.45, 2.75) is 37.2 Å². The van der Waals surface area contributed by atoms with E-state index in [0.717, 1.165) is 31.6 Å². The van der Waals surface area contributed by atoms with Crippen molar-refractivity contribution in [3.05, 3.63) is 29.0 Å². The van der Waals surface area contributed by atoms with Crippen LogP contribution < -0.4 is 5.32 Å². The van der Waals surface area contributed by atoms with E-state index in [-0.39, 0.29) is 5.92 Å². The second-order valence-electron chi connectivity index (χ2n) is 5.57. The highest BCUT2D eigenvalue weighted by atomic mass is 35.5. The maximum atomic E-state index is 11.0. The van der Waals surface area contributed by atoms with E-state index in [1.54, 1.807) is 6.20 Å². The van der Waals surface area contributed by atoms with Crippen molar-refractivity contribution in [3.8, 4) is 0 Å². The molecule has 1 atom stereocenters. The lowest BCUT2D eigenvalue weighted by atomic mass is 9.75. The molecular formula is C14H19ClN2O. The number of rotatable bonds is 3. The van der Waals surface area contributed by atoms with Gasteiger partial charge in [-0.1, -0.05) is 11.6 Å².